The first-order valence-electron chi connectivity index (χ1n) is 5.83. The van der Waals surface area contributed by atoms with Gasteiger partial charge in [-0.15, -0.1) is 0 Å². The van der Waals surface area contributed by atoms with Gasteiger partial charge in [0.1, 0.15) is 11.4 Å². The molecule has 1 rings (SSSR count). The summed E-state index contributed by atoms with van der Waals surface area (Å²) in [6, 6.07) is 5.14. The molecule has 0 bridgehead atoms. The molecule has 0 heterocycles. The van der Waals surface area contributed by atoms with Crippen LogP contribution >= 0.6 is 0 Å². The Balaban J connectivity index is 2.45. The Morgan fingerprint density at radius 1 is 1.32 bits per heavy atom. The highest BCUT2D eigenvalue weighted by Crippen LogP contribution is 2.09. The van der Waals surface area contributed by atoms with Gasteiger partial charge in [0.2, 0.25) is 0 Å². The molecule has 6 heteroatoms. The summed E-state index contributed by atoms with van der Waals surface area (Å²) >= 11 is 0. The van der Waals surface area contributed by atoms with Gasteiger partial charge in [-0.1, -0.05) is 0 Å². The summed E-state index contributed by atoms with van der Waals surface area (Å²) in [4.78, 5) is 11.7. The van der Waals surface area contributed by atoms with E-state index in [1.54, 1.807) is 14.2 Å². The number of rotatable bonds is 6. The highest BCUT2D eigenvalue weighted by molar-refractivity contribution is 5.89. The Labute approximate surface area is 112 Å². The average molecular weight is 270 g/mol. The van der Waals surface area contributed by atoms with Crippen LogP contribution in [0.15, 0.2) is 24.3 Å². The van der Waals surface area contributed by atoms with Crippen molar-refractivity contribution in [1.82, 2.24) is 5.32 Å². The molecule has 0 aliphatic heterocycles. The number of halogens is 1. The van der Waals surface area contributed by atoms with Crippen molar-refractivity contribution >= 4 is 11.7 Å². The van der Waals surface area contributed by atoms with E-state index >= 15 is 0 Å². The predicted molar refractivity (Wildman–Crippen MR) is 70.7 cm³/mol. The average Bonchev–Trinajstić information content (AvgIpc) is 2.40. The lowest BCUT2D eigenvalue weighted by molar-refractivity contribution is -0.0472. The molecule has 0 saturated carbocycles. The van der Waals surface area contributed by atoms with E-state index in [0.717, 1.165) is 0 Å². The van der Waals surface area contributed by atoms with Crippen LogP contribution in [0.1, 0.15) is 6.92 Å². The highest BCUT2D eigenvalue weighted by atomic mass is 19.1. The molecule has 1 aromatic rings. The standard InChI is InChI=1S/C13H19FN2O3/c1-13(19-3,9-18-2)8-15-12(17)16-11-6-4-10(14)5-7-11/h4-7H,8-9H2,1-3H3,(H2,15,16,17)/t13-/m0/s1. The van der Waals surface area contributed by atoms with Gasteiger partial charge in [0.05, 0.1) is 13.2 Å². The number of benzene rings is 1. The van der Waals surface area contributed by atoms with E-state index in [-0.39, 0.29) is 11.8 Å². The summed E-state index contributed by atoms with van der Waals surface area (Å²) in [6.45, 7) is 2.49. The zero-order valence-corrected chi connectivity index (χ0v) is 11.3. The first-order valence-corrected chi connectivity index (χ1v) is 5.83. The van der Waals surface area contributed by atoms with Gasteiger partial charge in [-0.25, -0.2) is 9.18 Å². The minimum atomic E-state index is -0.588. The third-order valence-corrected chi connectivity index (χ3v) is 2.67. The number of carbonyl (C=O) groups excluding carboxylic acids is 1. The van der Waals surface area contributed by atoms with Crippen LogP contribution in [0.5, 0.6) is 0 Å². The molecule has 1 aromatic carbocycles. The smallest absolute Gasteiger partial charge is 0.319 e. The van der Waals surface area contributed by atoms with Crippen molar-refractivity contribution in [3.63, 3.8) is 0 Å². The number of amides is 2. The van der Waals surface area contributed by atoms with Gasteiger partial charge in [0, 0.05) is 19.9 Å². The van der Waals surface area contributed by atoms with E-state index < -0.39 is 5.60 Å². The molecule has 5 nitrogen and oxygen atoms in total. The number of hydrogen-bond acceptors (Lipinski definition) is 3. The number of nitrogens with one attached hydrogen (secondary N) is 2. The summed E-state index contributed by atoms with van der Waals surface area (Å²) in [7, 11) is 3.12. The Bertz CT molecular complexity index is 411. The molecule has 2 amide bonds. The van der Waals surface area contributed by atoms with Crippen molar-refractivity contribution in [3.8, 4) is 0 Å². The monoisotopic (exact) mass is 270 g/mol. The molecule has 0 aliphatic rings. The Hall–Kier alpha value is -1.66. The van der Waals surface area contributed by atoms with Crippen LogP contribution in [0.3, 0.4) is 0 Å². The molecule has 2 N–H and O–H groups in total. The molecule has 19 heavy (non-hydrogen) atoms. The molecule has 0 aliphatic carbocycles. The van der Waals surface area contributed by atoms with Crippen LogP contribution in [0.2, 0.25) is 0 Å². The topological polar surface area (TPSA) is 59.6 Å². The zero-order valence-electron chi connectivity index (χ0n) is 11.3. The summed E-state index contributed by atoms with van der Waals surface area (Å²) in [6.07, 6.45) is 0. The number of methoxy groups -OCH3 is 2. The first-order chi connectivity index (χ1) is 8.99. The molecule has 0 aromatic heterocycles. The lowest BCUT2D eigenvalue weighted by Crippen LogP contribution is -2.46. The van der Waals surface area contributed by atoms with Crippen molar-refractivity contribution in [1.29, 1.82) is 0 Å². The fourth-order valence-electron chi connectivity index (χ4n) is 1.46. The molecule has 0 fully saturated rings. The largest absolute Gasteiger partial charge is 0.382 e. The first kappa shape index (κ1) is 15.4. The third-order valence-electron chi connectivity index (χ3n) is 2.67. The van der Waals surface area contributed by atoms with Crippen LogP contribution in [0, 0.1) is 5.82 Å². The van der Waals surface area contributed by atoms with Crippen molar-refractivity contribution in [2.45, 2.75) is 12.5 Å². The molecule has 0 saturated heterocycles. The summed E-state index contributed by atoms with van der Waals surface area (Å²) in [5, 5.41) is 5.27. The number of carbonyl (C=O) groups is 1. The normalized spacial score (nSPS) is 13.7. The molecule has 0 radical (unpaired) electrons. The van der Waals surface area contributed by atoms with E-state index in [2.05, 4.69) is 10.6 Å². The Kier molecular flexibility index (Phi) is 5.72. The maximum absolute atomic E-state index is 12.7. The molecule has 0 spiro atoms. The highest BCUT2D eigenvalue weighted by Gasteiger charge is 2.24. The lowest BCUT2D eigenvalue weighted by Gasteiger charge is -2.27. The van der Waals surface area contributed by atoms with Crippen LogP contribution in [0.4, 0.5) is 14.9 Å². The molecular weight excluding hydrogens is 251 g/mol. The van der Waals surface area contributed by atoms with E-state index in [9.17, 15) is 9.18 Å². The van der Waals surface area contributed by atoms with Gasteiger partial charge < -0.3 is 20.1 Å². The van der Waals surface area contributed by atoms with Gasteiger partial charge in [-0.3, -0.25) is 0 Å². The zero-order chi connectivity index (χ0) is 14.3. The van der Waals surface area contributed by atoms with Gasteiger partial charge in [0.15, 0.2) is 0 Å². The number of anilines is 1. The molecular formula is C13H19FN2O3. The van der Waals surface area contributed by atoms with Crippen molar-refractivity contribution in [3.05, 3.63) is 30.1 Å². The lowest BCUT2D eigenvalue weighted by atomic mass is 10.1. The maximum Gasteiger partial charge on any atom is 0.319 e. The number of hydrogen-bond donors (Lipinski definition) is 2. The second kappa shape index (κ2) is 7.06. The quantitative estimate of drug-likeness (QED) is 0.831. The predicted octanol–water partition coefficient (Wildman–Crippen LogP) is 2.00. The second-order valence-electron chi connectivity index (χ2n) is 4.40. The van der Waals surface area contributed by atoms with E-state index in [0.29, 0.717) is 18.8 Å². The van der Waals surface area contributed by atoms with Crippen molar-refractivity contribution < 1.29 is 18.7 Å². The summed E-state index contributed by atoms with van der Waals surface area (Å²) < 4.78 is 23.0. The second-order valence-corrected chi connectivity index (χ2v) is 4.40. The van der Waals surface area contributed by atoms with Gasteiger partial charge in [-0.05, 0) is 31.2 Å². The van der Waals surface area contributed by atoms with E-state index in [4.69, 9.17) is 9.47 Å². The van der Waals surface area contributed by atoms with E-state index in [1.807, 2.05) is 6.92 Å². The van der Waals surface area contributed by atoms with Crippen LogP contribution in [-0.2, 0) is 9.47 Å². The van der Waals surface area contributed by atoms with Crippen LogP contribution in [-0.4, -0.2) is 39.0 Å². The summed E-state index contributed by atoms with van der Waals surface area (Å²) in [5.74, 6) is -0.349. The van der Waals surface area contributed by atoms with Gasteiger partial charge in [0.25, 0.3) is 0 Å². The Morgan fingerprint density at radius 3 is 2.47 bits per heavy atom. The molecule has 1 atom stereocenters. The molecule has 0 unspecified atom stereocenters. The summed E-state index contributed by atoms with van der Waals surface area (Å²) in [5.41, 5.74) is -0.0701. The number of ether oxygens (including phenoxy) is 2. The van der Waals surface area contributed by atoms with E-state index in [1.165, 1.54) is 24.3 Å². The fraction of sp³-hybridized carbons (Fsp3) is 0.462. The maximum atomic E-state index is 12.7. The number of urea groups is 1. The van der Waals surface area contributed by atoms with Gasteiger partial charge >= 0.3 is 6.03 Å². The Morgan fingerprint density at radius 2 is 1.95 bits per heavy atom. The fourth-order valence-corrected chi connectivity index (χ4v) is 1.46. The van der Waals surface area contributed by atoms with Crippen LogP contribution in [0.25, 0.3) is 0 Å². The minimum Gasteiger partial charge on any atom is -0.382 e. The van der Waals surface area contributed by atoms with Crippen molar-refractivity contribution in [2.75, 3.05) is 32.7 Å². The SMILES string of the molecule is COC[C@](C)(CNC(=O)Nc1ccc(F)cc1)OC. The molecule has 106 valence electrons. The minimum absolute atomic E-state index is 0.296. The van der Waals surface area contributed by atoms with Gasteiger partial charge in [-0.2, -0.15) is 0 Å². The third kappa shape index (κ3) is 5.23. The van der Waals surface area contributed by atoms with Crippen molar-refractivity contribution in [2.24, 2.45) is 0 Å². The van der Waals surface area contributed by atoms with Crippen LogP contribution < -0.4 is 10.6 Å².